The molecule has 3 N–H and O–H groups in total. The van der Waals surface area contributed by atoms with Crippen molar-refractivity contribution in [3.63, 3.8) is 0 Å². The second kappa shape index (κ2) is 7.77. The molecule has 0 aliphatic carbocycles. The number of phenolic OH excluding ortho intramolecular Hbond substituents is 1. The van der Waals surface area contributed by atoms with Gasteiger partial charge in [0.2, 0.25) is 5.91 Å². The molecule has 0 aromatic heterocycles. The van der Waals surface area contributed by atoms with Gasteiger partial charge < -0.3 is 15.7 Å². The van der Waals surface area contributed by atoms with Crippen molar-refractivity contribution in [2.45, 2.75) is 12.8 Å². The third-order valence-electron chi connectivity index (χ3n) is 2.94. The zero-order valence-corrected chi connectivity index (χ0v) is 13.2. The molecule has 22 heavy (non-hydrogen) atoms. The summed E-state index contributed by atoms with van der Waals surface area (Å²) in [6, 6.07) is 14.3. The maximum atomic E-state index is 11.8. The minimum Gasteiger partial charge on any atom is -0.506 e. The Bertz CT molecular complexity index is 677. The number of carbonyl (C=O) groups is 1. The maximum absolute atomic E-state index is 11.8. The quantitative estimate of drug-likeness (QED) is 0.591. The van der Waals surface area contributed by atoms with Crippen LogP contribution in [0.4, 0.5) is 5.69 Å². The van der Waals surface area contributed by atoms with Gasteiger partial charge in [-0.25, -0.2) is 0 Å². The first-order chi connectivity index (χ1) is 10.5. The second-order valence-corrected chi connectivity index (χ2v) is 5.49. The molecule has 2 aromatic carbocycles. The maximum Gasteiger partial charge on any atom is 0.226 e. The number of amides is 1. The van der Waals surface area contributed by atoms with Gasteiger partial charge in [-0.1, -0.05) is 41.9 Å². The van der Waals surface area contributed by atoms with Gasteiger partial charge in [-0.05, 0) is 42.4 Å². The van der Waals surface area contributed by atoms with Crippen LogP contribution in [-0.2, 0) is 11.2 Å². The van der Waals surface area contributed by atoms with Crippen LogP contribution in [-0.4, -0.2) is 16.1 Å². The van der Waals surface area contributed by atoms with Gasteiger partial charge in [0, 0.05) is 11.4 Å². The van der Waals surface area contributed by atoms with Gasteiger partial charge in [0.05, 0.1) is 5.69 Å². The molecule has 0 saturated carbocycles. The summed E-state index contributed by atoms with van der Waals surface area (Å²) in [5, 5.41) is 15.6. The van der Waals surface area contributed by atoms with Crippen LogP contribution in [0.5, 0.6) is 5.75 Å². The van der Waals surface area contributed by atoms with Crippen molar-refractivity contribution in [1.29, 1.82) is 0 Å². The summed E-state index contributed by atoms with van der Waals surface area (Å²) in [6.45, 7) is 0. The third-order valence-corrected chi connectivity index (χ3v) is 3.38. The fourth-order valence-corrected chi connectivity index (χ4v) is 2.25. The Kier molecular flexibility index (Phi) is 5.75. The monoisotopic (exact) mass is 334 g/mol. The number of anilines is 1. The van der Waals surface area contributed by atoms with E-state index in [9.17, 15) is 9.90 Å². The molecule has 6 heteroatoms. The lowest BCUT2D eigenvalue weighted by molar-refractivity contribution is -0.119. The van der Waals surface area contributed by atoms with Crippen LogP contribution < -0.4 is 10.6 Å². The number of aryl methyl sites for hydroxylation is 1. The highest BCUT2D eigenvalue weighted by Crippen LogP contribution is 2.26. The Morgan fingerprint density at radius 2 is 1.91 bits per heavy atom. The summed E-state index contributed by atoms with van der Waals surface area (Å²) in [6.07, 6.45) is 0.963. The second-order valence-electron chi connectivity index (χ2n) is 4.65. The molecule has 2 rings (SSSR count). The molecule has 4 nitrogen and oxygen atoms in total. The van der Waals surface area contributed by atoms with E-state index < -0.39 is 0 Å². The lowest BCUT2D eigenvalue weighted by Crippen LogP contribution is -2.34. The van der Waals surface area contributed by atoms with E-state index in [1.807, 2.05) is 30.3 Å². The molecule has 0 atom stereocenters. The highest BCUT2D eigenvalue weighted by Gasteiger charge is 2.08. The number of hydrogen-bond donors (Lipinski definition) is 3. The largest absolute Gasteiger partial charge is 0.506 e. The smallest absolute Gasteiger partial charge is 0.226 e. The van der Waals surface area contributed by atoms with Gasteiger partial charge in [0.25, 0.3) is 0 Å². The minimum atomic E-state index is -0.192. The zero-order chi connectivity index (χ0) is 15.9. The summed E-state index contributed by atoms with van der Waals surface area (Å²) in [5.74, 6) is -0.187. The predicted octanol–water partition coefficient (Wildman–Crippen LogP) is 3.49. The van der Waals surface area contributed by atoms with E-state index in [-0.39, 0.29) is 16.8 Å². The van der Waals surface area contributed by atoms with Gasteiger partial charge in [-0.15, -0.1) is 0 Å². The highest BCUT2D eigenvalue weighted by atomic mass is 35.5. The zero-order valence-electron chi connectivity index (χ0n) is 11.7. The van der Waals surface area contributed by atoms with Crippen LogP contribution in [0.3, 0.4) is 0 Å². The molecule has 0 aliphatic heterocycles. The number of hydrogen-bond acceptors (Lipinski definition) is 3. The Labute approximate surface area is 139 Å². The van der Waals surface area contributed by atoms with E-state index in [4.69, 9.17) is 23.8 Å². The van der Waals surface area contributed by atoms with Crippen molar-refractivity contribution in [2.24, 2.45) is 0 Å². The van der Waals surface area contributed by atoms with Gasteiger partial charge in [-0.3, -0.25) is 4.79 Å². The number of halogens is 1. The molecule has 0 spiro atoms. The van der Waals surface area contributed by atoms with E-state index in [0.29, 0.717) is 23.6 Å². The van der Waals surface area contributed by atoms with Crippen LogP contribution in [0.25, 0.3) is 0 Å². The first-order valence-corrected chi connectivity index (χ1v) is 7.46. The molecule has 0 aliphatic rings. The predicted molar refractivity (Wildman–Crippen MR) is 92.2 cm³/mol. The number of rotatable bonds is 4. The standard InChI is InChI=1S/C16H15ClN2O2S/c17-12-7-8-14(20)13(10-12)18-16(22)19-15(21)9-6-11-4-2-1-3-5-11/h1-5,7-8,10,20H,6,9H2,(H2,18,19,21,22). The van der Waals surface area contributed by atoms with Crippen LogP contribution in [0.2, 0.25) is 5.02 Å². The summed E-state index contributed by atoms with van der Waals surface area (Å²) in [4.78, 5) is 11.8. The summed E-state index contributed by atoms with van der Waals surface area (Å²) in [7, 11) is 0. The van der Waals surface area contributed by atoms with Crippen molar-refractivity contribution >= 4 is 40.5 Å². The number of carbonyl (C=O) groups excluding carboxylic acids is 1. The van der Waals surface area contributed by atoms with Crippen LogP contribution in [0, 0.1) is 0 Å². The number of benzene rings is 2. The number of aromatic hydroxyl groups is 1. The number of nitrogens with one attached hydrogen (secondary N) is 2. The van der Waals surface area contributed by atoms with E-state index in [2.05, 4.69) is 10.6 Å². The Morgan fingerprint density at radius 1 is 1.18 bits per heavy atom. The summed E-state index contributed by atoms with van der Waals surface area (Å²) < 4.78 is 0. The molecule has 0 radical (unpaired) electrons. The van der Waals surface area contributed by atoms with Crippen molar-refractivity contribution in [3.05, 3.63) is 59.1 Å². The lowest BCUT2D eigenvalue weighted by atomic mass is 10.1. The summed E-state index contributed by atoms with van der Waals surface area (Å²) in [5.41, 5.74) is 1.44. The van der Waals surface area contributed by atoms with Crippen LogP contribution in [0.15, 0.2) is 48.5 Å². The van der Waals surface area contributed by atoms with Crippen molar-refractivity contribution in [1.82, 2.24) is 5.32 Å². The van der Waals surface area contributed by atoms with Crippen molar-refractivity contribution in [2.75, 3.05) is 5.32 Å². The average molecular weight is 335 g/mol. The van der Waals surface area contributed by atoms with Crippen LogP contribution >= 0.6 is 23.8 Å². The molecule has 0 bridgehead atoms. The van der Waals surface area contributed by atoms with E-state index in [1.54, 1.807) is 6.07 Å². The van der Waals surface area contributed by atoms with Gasteiger partial charge in [-0.2, -0.15) is 0 Å². The molecule has 0 unspecified atom stereocenters. The fraction of sp³-hybridized carbons (Fsp3) is 0.125. The molecule has 0 saturated heterocycles. The first kappa shape index (κ1) is 16.3. The van der Waals surface area contributed by atoms with Gasteiger partial charge in [0.1, 0.15) is 5.75 Å². The normalized spacial score (nSPS) is 10.0. The van der Waals surface area contributed by atoms with Gasteiger partial charge in [0.15, 0.2) is 5.11 Å². The van der Waals surface area contributed by atoms with Crippen LogP contribution in [0.1, 0.15) is 12.0 Å². The molecule has 114 valence electrons. The number of phenols is 1. The van der Waals surface area contributed by atoms with E-state index in [0.717, 1.165) is 5.56 Å². The molecule has 1 amide bonds. The summed E-state index contributed by atoms with van der Waals surface area (Å²) >= 11 is 10.9. The highest BCUT2D eigenvalue weighted by molar-refractivity contribution is 7.80. The Morgan fingerprint density at radius 3 is 2.64 bits per heavy atom. The molecule has 0 fully saturated rings. The van der Waals surface area contributed by atoms with Crippen molar-refractivity contribution < 1.29 is 9.90 Å². The topological polar surface area (TPSA) is 61.4 Å². The molecular formula is C16H15ClN2O2S. The average Bonchev–Trinajstić information content (AvgIpc) is 2.50. The first-order valence-electron chi connectivity index (χ1n) is 6.68. The molecule has 0 heterocycles. The number of thiocarbonyl (C=S) groups is 1. The van der Waals surface area contributed by atoms with E-state index >= 15 is 0 Å². The third kappa shape index (κ3) is 5.02. The van der Waals surface area contributed by atoms with Gasteiger partial charge >= 0.3 is 0 Å². The molecule has 2 aromatic rings. The van der Waals surface area contributed by atoms with E-state index in [1.165, 1.54) is 12.1 Å². The minimum absolute atomic E-state index is 0.00489. The molecular weight excluding hydrogens is 320 g/mol. The van der Waals surface area contributed by atoms with Crippen molar-refractivity contribution in [3.8, 4) is 5.75 Å². The SMILES string of the molecule is O=C(CCc1ccccc1)NC(=S)Nc1cc(Cl)ccc1O. The fourth-order valence-electron chi connectivity index (χ4n) is 1.85. The Balaban J connectivity index is 1.84. The lowest BCUT2D eigenvalue weighted by Gasteiger charge is -2.11. The Hall–Kier alpha value is -2.11.